The standard InChI is InChI=1S/C18H30N4O/c1-21(13-17-19-18(23-20-17)15-6-7-15)16-9-11-22(12-16)10-8-14-4-2-3-5-14/h14-16H,2-13H2,1H3. The molecule has 1 unspecified atom stereocenters. The van der Waals surface area contributed by atoms with E-state index >= 15 is 0 Å². The van der Waals surface area contributed by atoms with Crippen LogP contribution in [0.1, 0.15) is 69.0 Å². The topological polar surface area (TPSA) is 45.4 Å². The van der Waals surface area contributed by atoms with Gasteiger partial charge in [-0.15, -0.1) is 0 Å². The van der Waals surface area contributed by atoms with E-state index in [1.54, 1.807) is 0 Å². The van der Waals surface area contributed by atoms with Gasteiger partial charge >= 0.3 is 0 Å². The molecule has 1 aliphatic heterocycles. The Morgan fingerprint density at radius 3 is 2.78 bits per heavy atom. The molecule has 1 atom stereocenters. The summed E-state index contributed by atoms with van der Waals surface area (Å²) in [6.45, 7) is 4.57. The van der Waals surface area contributed by atoms with Crippen LogP contribution >= 0.6 is 0 Å². The van der Waals surface area contributed by atoms with Gasteiger partial charge in [-0.3, -0.25) is 4.90 Å². The van der Waals surface area contributed by atoms with Crippen molar-refractivity contribution in [3.8, 4) is 0 Å². The van der Waals surface area contributed by atoms with Crippen LogP contribution in [0.4, 0.5) is 0 Å². The fourth-order valence-electron chi connectivity index (χ4n) is 4.22. The number of aromatic nitrogens is 2. The Hall–Kier alpha value is -0.940. The molecule has 5 nitrogen and oxygen atoms in total. The van der Waals surface area contributed by atoms with Crippen molar-refractivity contribution in [3.05, 3.63) is 11.7 Å². The van der Waals surface area contributed by atoms with Gasteiger partial charge in [-0.2, -0.15) is 4.98 Å². The Balaban J connectivity index is 1.21. The lowest BCUT2D eigenvalue weighted by atomic mass is 10.0. The zero-order valence-electron chi connectivity index (χ0n) is 14.4. The van der Waals surface area contributed by atoms with Crippen LogP contribution in [0.5, 0.6) is 0 Å². The third-order valence-electron chi connectivity index (χ3n) is 6.00. The number of hydrogen-bond donors (Lipinski definition) is 0. The number of likely N-dealkylation sites (tertiary alicyclic amines) is 1. The summed E-state index contributed by atoms with van der Waals surface area (Å²) in [4.78, 5) is 9.63. The Morgan fingerprint density at radius 1 is 1.17 bits per heavy atom. The van der Waals surface area contributed by atoms with Crippen molar-refractivity contribution in [2.75, 3.05) is 26.7 Å². The molecule has 0 spiro atoms. The maximum atomic E-state index is 5.37. The van der Waals surface area contributed by atoms with Crippen molar-refractivity contribution in [3.63, 3.8) is 0 Å². The minimum absolute atomic E-state index is 0.555. The van der Waals surface area contributed by atoms with E-state index in [1.165, 1.54) is 71.0 Å². The van der Waals surface area contributed by atoms with E-state index in [4.69, 9.17) is 4.52 Å². The molecule has 3 aliphatic rings. The molecule has 3 fully saturated rings. The Kier molecular flexibility index (Phi) is 4.67. The second-order valence-corrected chi connectivity index (χ2v) is 7.92. The van der Waals surface area contributed by atoms with Crippen molar-refractivity contribution in [1.82, 2.24) is 19.9 Å². The molecule has 1 saturated heterocycles. The predicted molar refractivity (Wildman–Crippen MR) is 89.2 cm³/mol. The Bertz CT molecular complexity index is 507. The fourth-order valence-corrected chi connectivity index (χ4v) is 4.22. The zero-order valence-corrected chi connectivity index (χ0v) is 14.4. The van der Waals surface area contributed by atoms with Crippen molar-refractivity contribution in [2.24, 2.45) is 5.92 Å². The van der Waals surface area contributed by atoms with E-state index in [-0.39, 0.29) is 0 Å². The van der Waals surface area contributed by atoms with E-state index in [2.05, 4.69) is 27.0 Å². The van der Waals surface area contributed by atoms with Gasteiger partial charge in [0.15, 0.2) is 5.82 Å². The summed E-state index contributed by atoms with van der Waals surface area (Å²) in [5, 5.41) is 4.16. The molecular weight excluding hydrogens is 288 g/mol. The normalized spacial score (nSPS) is 26.6. The van der Waals surface area contributed by atoms with E-state index in [0.29, 0.717) is 12.0 Å². The second-order valence-electron chi connectivity index (χ2n) is 7.92. The molecule has 1 aromatic heterocycles. The minimum atomic E-state index is 0.555. The van der Waals surface area contributed by atoms with Gasteiger partial charge < -0.3 is 9.42 Å². The summed E-state index contributed by atoms with van der Waals surface area (Å²) >= 11 is 0. The highest BCUT2D eigenvalue weighted by atomic mass is 16.5. The van der Waals surface area contributed by atoms with Crippen LogP contribution in [0.25, 0.3) is 0 Å². The van der Waals surface area contributed by atoms with E-state index in [0.717, 1.165) is 24.2 Å². The smallest absolute Gasteiger partial charge is 0.229 e. The van der Waals surface area contributed by atoms with Crippen molar-refractivity contribution < 1.29 is 4.52 Å². The average Bonchev–Trinajstić information content (AvgIpc) is 3.00. The number of rotatable bonds is 7. The van der Waals surface area contributed by atoms with Gasteiger partial charge in [0.1, 0.15) is 0 Å². The van der Waals surface area contributed by atoms with Crippen LogP contribution in [-0.4, -0.2) is 52.7 Å². The molecule has 23 heavy (non-hydrogen) atoms. The summed E-state index contributed by atoms with van der Waals surface area (Å²) in [6, 6.07) is 0.640. The molecule has 5 heteroatoms. The highest BCUT2D eigenvalue weighted by molar-refractivity contribution is 5.01. The highest BCUT2D eigenvalue weighted by Crippen LogP contribution is 2.38. The average molecular weight is 318 g/mol. The first-order valence-electron chi connectivity index (χ1n) is 9.53. The Labute approximate surface area is 139 Å². The second kappa shape index (κ2) is 6.89. The first-order valence-corrected chi connectivity index (χ1v) is 9.53. The molecule has 4 rings (SSSR count). The Morgan fingerprint density at radius 2 is 2.00 bits per heavy atom. The van der Waals surface area contributed by atoms with E-state index in [1.807, 2.05) is 0 Å². The number of likely N-dealkylation sites (N-methyl/N-ethyl adjacent to an activating group) is 1. The maximum Gasteiger partial charge on any atom is 0.229 e. The zero-order chi connectivity index (χ0) is 15.6. The predicted octanol–water partition coefficient (Wildman–Crippen LogP) is 3.03. The molecule has 2 aliphatic carbocycles. The molecule has 0 N–H and O–H groups in total. The summed E-state index contributed by atoms with van der Waals surface area (Å²) in [7, 11) is 2.21. The van der Waals surface area contributed by atoms with Gasteiger partial charge in [-0.25, -0.2) is 0 Å². The molecule has 1 aromatic rings. The first kappa shape index (κ1) is 15.6. The number of hydrogen-bond acceptors (Lipinski definition) is 5. The highest BCUT2D eigenvalue weighted by Gasteiger charge is 2.31. The molecule has 2 saturated carbocycles. The van der Waals surface area contributed by atoms with Gasteiger partial charge in [0.25, 0.3) is 0 Å². The largest absolute Gasteiger partial charge is 0.339 e. The summed E-state index contributed by atoms with van der Waals surface area (Å²) in [5.41, 5.74) is 0. The van der Waals surface area contributed by atoms with Crippen molar-refractivity contribution in [1.29, 1.82) is 0 Å². The van der Waals surface area contributed by atoms with Gasteiger partial charge in [-0.1, -0.05) is 30.8 Å². The minimum Gasteiger partial charge on any atom is -0.339 e. The molecule has 128 valence electrons. The van der Waals surface area contributed by atoms with Gasteiger partial charge in [0, 0.05) is 18.5 Å². The monoisotopic (exact) mass is 318 g/mol. The lowest BCUT2D eigenvalue weighted by molar-refractivity contribution is 0.214. The maximum absolute atomic E-state index is 5.37. The first-order chi connectivity index (χ1) is 11.3. The molecule has 2 heterocycles. The van der Waals surface area contributed by atoms with Crippen molar-refractivity contribution in [2.45, 2.75) is 69.9 Å². The number of nitrogens with zero attached hydrogens (tertiary/aromatic N) is 4. The van der Waals surface area contributed by atoms with Gasteiger partial charge in [-0.05, 0) is 51.7 Å². The summed E-state index contributed by atoms with van der Waals surface area (Å²) in [5.74, 6) is 3.28. The van der Waals surface area contributed by atoms with E-state index in [9.17, 15) is 0 Å². The summed E-state index contributed by atoms with van der Waals surface area (Å²) in [6.07, 6.45) is 11.0. The van der Waals surface area contributed by atoms with Crippen LogP contribution in [0.15, 0.2) is 4.52 Å². The van der Waals surface area contributed by atoms with Crippen molar-refractivity contribution >= 4 is 0 Å². The van der Waals surface area contributed by atoms with Crippen LogP contribution in [0, 0.1) is 5.92 Å². The lowest BCUT2D eigenvalue weighted by Gasteiger charge is -2.23. The quantitative estimate of drug-likeness (QED) is 0.773. The van der Waals surface area contributed by atoms with E-state index < -0.39 is 0 Å². The van der Waals surface area contributed by atoms with Gasteiger partial charge in [0.05, 0.1) is 6.54 Å². The third kappa shape index (κ3) is 3.94. The van der Waals surface area contributed by atoms with Crippen LogP contribution in [-0.2, 0) is 6.54 Å². The molecule has 0 amide bonds. The fraction of sp³-hybridized carbons (Fsp3) is 0.889. The molecule has 0 aromatic carbocycles. The van der Waals surface area contributed by atoms with Crippen LogP contribution in [0.2, 0.25) is 0 Å². The molecular formula is C18H30N4O. The summed E-state index contributed by atoms with van der Waals surface area (Å²) < 4.78 is 5.37. The van der Waals surface area contributed by atoms with Gasteiger partial charge in [0.2, 0.25) is 5.89 Å². The third-order valence-corrected chi connectivity index (χ3v) is 6.00. The van der Waals surface area contributed by atoms with Crippen LogP contribution < -0.4 is 0 Å². The molecule has 0 bridgehead atoms. The van der Waals surface area contributed by atoms with Crippen LogP contribution in [0.3, 0.4) is 0 Å². The lowest BCUT2D eigenvalue weighted by Crippen LogP contribution is -2.34. The molecule has 0 radical (unpaired) electrons. The SMILES string of the molecule is CN(Cc1noc(C2CC2)n1)C1CCN(CCC2CCCC2)C1.